The number of hydrogen-bond donors (Lipinski definition) is 1. The number of rotatable bonds is 3. The van der Waals surface area contributed by atoms with Crippen LogP contribution in [-0.4, -0.2) is 6.61 Å². The number of nitrogens with one attached hydrogen (secondary N) is 1. The van der Waals surface area contributed by atoms with E-state index < -0.39 is 11.6 Å². The molecule has 1 aliphatic rings. The molecule has 0 fully saturated rings. The van der Waals surface area contributed by atoms with Crippen molar-refractivity contribution in [2.75, 3.05) is 6.61 Å². The summed E-state index contributed by atoms with van der Waals surface area (Å²) in [6.07, 6.45) is 0. The quantitative estimate of drug-likeness (QED) is 0.943. The highest BCUT2D eigenvalue weighted by molar-refractivity contribution is 5.39. The van der Waals surface area contributed by atoms with Crippen molar-refractivity contribution in [3.05, 3.63) is 64.7 Å². The first-order chi connectivity index (χ1) is 10.2. The van der Waals surface area contributed by atoms with E-state index >= 15 is 0 Å². The highest BCUT2D eigenvalue weighted by Crippen LogP contribution is 2.32. The van der Waals surface area contributed by atoms with Gasteiger partial charge in [0.2, 0.25) is 0 Å². The average molecular weight is 286 g/mol. The lowest BCUT2D eigenvalue weighted by atomic mass is 10.1. The zero-order valence-electron chi connectivity index (χ0n) is 11.1. The second-order valence-electron chi connectivity index (χ2n) is 4.81. The van der Waals surface area contributed by atoms with Gasteiger partial charge in [0.05, 0.1) is 17.7 Å². The third-order valence-corrected chi connectivity index (χ3v) is 3.50. The highest BCUT2D eigenvalue weighted by atomic mass is 19.1. The number of ether oxygens (including phenoxy) is 1. The average Bonchev–Trinajstić information content (AvgIpc) is 2.89. The van der Waals surface area contributed by atoms with Crippen LogP contribution in [0.3, 0.4) is 0 Å². The molecule has 1 N–H and O–H groups in total. The fraction of sp³-hybridized carbons (Fsp3) is 0.188. The molecule has 1 unspecified atom stereocenters. The third kappa shape index (κ3) is 2.58. The van der Waals surface area contributed by atoms with Crippen LogP contribution in [0.25, 0.3) is 0 Å². The fourth-order valence-corrected chi connectivity index (χ4v) is 2.39. The van der Waals surface area contributed by atoms with Crippen molar-refractivity contribution in [1.82, 2.24) is 5.32 Å². The van der Waals surface area contributed by atoms with Crippen LogP contribution in [0, 0.1) is 23.0 Å². The Hall–Kier alpha value is -2.45. The summed E-state index contributed by atoms with van der Waals surface area (Å²) in [5, 5.41) is 11.8. The van der Waals surface area contributed by atoms with Gasteiger partial charge in [0.15, 0.2) is 0 Å². The Bertz CT molecular complexity index is 701. The van der Waals surface area contributed by atoms with E-state index in [4.69, 9.17) is 10.00 Å². The molecule has 0 bridgehead atoms. The Labute approximate surface area is 120 Å². The molecule has 0 aliphatic carbocycles. The van der Waals surface area contributed by atoms with Crippen LogP contribution in [0.1, 0.15) is 22.7 Å². The van der Waals surface area contributed by atoms with E-state index in [1.807, 2.05) is 24.3 Å². The number of hydrogen-bond acceptors (Lipinski definition) is 3. The summed E-state index contributed by atoms with van der Waals surface area (Å²) >= 11 is 0. The number of fused-ring (bicyclic) bond motifs is 1. The van der Waals surface area contributed by atoms with Crippen LogP contribution >= 0.6 is 0 Å². The maximum absolute atomic E-state index is 13.8. The van der Waals surface area contributed by atoms with Crippen LogP contribution in [0.4, 0.5) is 8.78 Å². The first-order valence-corrected chi connectivity index (χ1v) is 6.52. The maximum Gasteiger partial charge on any atom is 0.131 e. The highest BCUT2D eigenvalue weighted by Gasteiger charge is 2.23. The number of benzene rings is 2. The molecule has 0 saturated heterocycles. The molecule has 21 heavy (non-hydrogen) atoms. The topological polar surface area (TPSA) is 45.0 Å². The Morgan fingerprint density at radius 3 is 2.67 bits per heavy atom. The minimum absolute atomic E-state index is 0.0247. The van der Waals surface area contributed by atoms with Crippen molar-refractivity contribution in [2.24, 2.45) is 0 Å². The predicted molar refractivity (Wildman–Crippen MR) is 72.6 cm³/mol. The van der Waals surface area contributed by atoms with Gasteiger partial charge in [-0.1, -0.05) is 18.2 Å². The zero-order valence-corrected chi connectivity index (χ0v) is 11.1. The molecule has 1 aliphatic heterocycles. The fourth-order valence-electron chi connectivity index (χ4n) is 2.39. The second-order valence-corrected chi connectivity index (χ2v) is 4.81. The standard InChI is InChI=1S/C16H12F2N2O/c17-13-5-10(7-19)6-14(18)12(13)8-20-15-9-21-16-4-2-1-3-11(15)16/h1-6,15,20H,8-9H2. The zero-order chi connectivity index (χ0) is 14.8. The maximum atomic E-state index is 13.8. The largest absolute Gasteiger partial charge is 0.491 e. The number of para-hydroxylation sites is 1. The van der Waals surface area contributed by atoms with Crippen LogP contribution in [0.5, 0.6) is 5.75 Å². The molecule has 5 heteroatoms. The Morgan fingerprint density at radius 1 is 1.24 bits per heavy atom. The summed E-state index contributed by atoms with van der Waals surface area (Å²) in [6.45, 7) is 0.463. The van der Waals surface area contributed by atoms with Crippen molar-refractivity contribution in [2.45, 2.75) is 12.6 Å². The molecule has 0 spiro atoms. The lowest BCUT2D eigenvalue weighted by Crippen LogP contribution is -2.23. The van der Waals surface area contributed by atoms with Gasteiger partial charge in [0.25, 0.3) is 0 Å². The van der Waals surface area contributed by atoms with Crippen molar-refractivity contribution in [1.29, 1.82) is 5.26 Å². The van der Waals surface area contributed by atoms with E-state index in [2.05, 4.69) is 5.32 Å². The molecule has 0 radical (unpaired) electrons. The minimum Gasteiger partial charge on any atom is -0.491 e. The second kappa shape index (κ2) is 5.51. The molecular weight excluding hydrogens is 274 g/mol. The molecule has 3 nitrogen and oxygen atoms in total. The summed E-state index contributed by atoms with van der Waals surface area (Å²) in [7, 11) is 0. The van der Waals surface area contributed by atoms with E-state index in [1.54, 1.807) is 6.07 Å². The SMILES string of the molecule is N#Cc1cc(F)c(CNC2COc3ccccc32)c(F)c1. The molecule has 2 aromatic carbocycles. The summed E-state index contributed by atoms with van der Waals surface area (Å²) in [6, 6.07) is 11.3. The summed E-state index contributed by atoms with van der Waals surface area (Å²) in [5.41, 5.74) is 0.883. The van der Waals surface area contributed by atoms with Crippen molar-refractivity contribution < 1.29 is 13.5 Å². The van der Waals surface area contributed by atoms with Gasteiger partial charge in [-0.3, -0.25) is 0 Å². The van der Waals surface area contributed by atoms with Gasteiger partial charge >= 0.3 is 0 Å². The molecule has 1 atom stereocenters. The van der Waals surface area contributed by atoms with Gasteiger partial charge in [-0.25, -0.2) is 8.78 Å². The van der Waals surface area contributed by atoms with Crippen LogP contribution < -0.4 is 10.1 Å². The summed E-state index contributed by atoms with van der Waals surface area (Å²) in [4.78, 5) is 0. The van der Waals surface area contributed by atoms with E-state index in [1.165, 1.54) is 0 Å². The summed E-state index contributed by atoms with van der Waals surface area (Å²) < 4.78 is 33.1. The van der Waals surface area contributed by atoms with Gasteiger partial charge < -0.3 is 10.1 Å². The third-order valence-electron chi connectivity index (χ3n) is 3.50. The normalized spacial score (nSPS) is 16.1. The van der Waals surface area contributed by atoms with Gasteiger partial charge in [0, 0.05) is 17.7 Å². The molecule has 0 aromatic heterocycles. The minimum atomic E-state index is -0.716. The molecule has 0 saturated carbocycles. The molecule has 0 amide bonds. The van der Waals surface area contributed by atoms with E-state index in [-0.39, 0.29) is 23.7 Å². The predicted octanol–water partition coefficient (Wildman–Crippen LogP) is 3.06. The molecule has 106 valence electrons. The van der Waals surface area contributed by atoms with Crippen molar-refractivity contribution in [3.8, 4) is 11.8 Å². The Kier molecular flexibility index (Phi) is 3.55. The number of nitrogens with zero attached hydrogens (tertiary/aromatic N) is 1. The van der Waals surface area contributed by atoms with E-state index in [9.17, 15) is 8.78 Å². The Balaban J connectivity index is 1.77. The first kappa shape index (κ1) is 13.5. The van der Waals surface area contributed by atoms with Crippen molar-refractivity contribution >= 4 is 0 Å². The van der Waals surface area contributed by atoms with Gasteiger partial charge in [-0.2, -0.15) is 5.26 Å². The van der Waals surface area contributed by atoms with E-state index in [0.717, 1.165) is 23.4 Å². The lowest BCUT2D eigenvalue weighted by Gasteiger charge is -2.13. The van der Waals surface area contributed by atoms with Crippen molar-refractivity contribution in [3.63, 3.8) is 0 Å². The number of nitriles is 1. The Morgan fingerprint density at radius 2 is 1.95 bits per heavy atom. The van der Waals surface area contributed by atoms with Gasteiger partial charge in [0.1, 0.15) is 24.0 Å². The monoisotopic (exact) mass is 286 g/mol. The van der Waals surface area contributed by atoms with E-state index in [0.29, 0.717) is 6.61 Å². The molecule has 3 rings (SSSR count). The van der Waals surface area contributed by atoms with Crippen LogP contribution in [0.15, 0.2) is 36.4 Å². The summed E-state index contributed by atoms with van der Waals surface area (Å²) in [5.74, 6) is -0.645. The lowest BCUT2D eigenvalue weighted by molar-refractivity contribution is 0.309. The molecule has 2 aromatic rings. The van der Waals surface area contributed by atoms with Crippen LogP contribution in [-0.2, 0) is 6.54 Å². The van der Waals surface area contributed by atoms with Crippen LogP contribution in [0.2, 0.25) is 0 Å². The molecular formula is C16H12F2N2O. The van der Waals surface area contributed by atoms with Gasteiger partial charge in [-0.05, 0) is 18.2 Å². The van der Waals surface area contributed by atoms with Gasteiger partial charge in [-0.15, -0.1) is 0 Å². The first-order valence-electron chi connectivity index (χ1n) is 6.52. The number of halogens is 2. The molecule has 1 heterocycles. The smallest absolute Gasteiger partial charge is 0.131 e.